The number of hydrogen-bond acceptors (Lipinski definition) is 3. The topological polar surface area (TPSA) is 66.0 Å². The van der Waals surface area contributed by atoms with Crippen LogP contribution in [0.5, 0.6) is 5.75 Å². The average molecular weight is 311 g/mol. The predicted molar refractivity (Wildman–Crippen MR) is 92.7 cm³/mol. The molecule has 4 nitrogen and oxygen atoms in total. The molecule has 0 atom stereocenters. The summed E-state index contributed by atoms with van der Waals surface area (Å²) in [5.41, 5.74) is 1.81. The SMILES string of the molecule is O=c1nc(-c2ccc(O)cc2)c2ccc3ccccc3c2[nH]1.[Na]. The number of hydrogen-bond donors (Lipinski definition) is 2. The second-order valence-corrected chi connectivity index (χ2v) is 5.15. The van der Waals surface area contributed by atoms with Crippen molar-refractivity contribution in [1.82, 2.24) is 9.97 Å². The standard InChI is InChI=1S/C18H12N2O2.Na/c21-13-8-5-12(6-9-13)16-15-10-7-11-3-1-2-4-14(11)17(15)20-18(22)19-16;/h1-10,21H,(H,19,20,22);. The van der Waals surface area contributed by atoms with Gasteiger partial charge in [-0.3, -0.25) is 0 Å². The summed E-state index contributed by atoms with van der Waals surface area (Å²) < 4.78 is 0. The molecule has 0 saturated heterocycles. The minimum atomic E-state index is -0.382. The Balaban J connectivity index is 0.00000156. The number of benzene rings is 3. The average Bonchev–Trinajstić information content (AvgIpc) is 2.55. The van der Waals surface area contributed by atoms with E-state index in [9.17, 15) is 9.90 Å². The Kier molecular flexibility index (Phi) is 4.22. The molecule has 1 aromatic heterocycles. The van der Waals surface area contributed by atoms with Crippen LogP contribution in [0.15, 0.2) is 65.5 Å². The monoisotopic (exact) mass is 311 g/mol. The molecule has 0 aliphatic rings. The van der Waals surface area contributed by atoms with E-state index in [2.05, 4.69) is 9.97 Å². The number of fused-ring (bicyclic) bond motifs is 3. The second kappa shape index (κ2) is 6.16. The molecule has 0 saturated carbocycles. The Morgan fingerprint density at radius 2 is 1.61 bits per heavy atom. The molecule has 2 N–H and O–H groups in total. The number of aromatic nitrogens is 2. The van der Waals surface area contributed by atoms with Crippen molar-refractivity contribution in [3.05, 3.63) is 71.1 Å². The molecule has 0 fully saturated rings. The van der Waals surface area contributed by atoms with E-state index in [0.29, 0.717) is 5.69 Å². The zero-order valence-electron chi connectivity index (χ0n) is 12.6. The van der Waals surface area contributed by atoms with Gasteiger partial charge in [-0.15, -0.1) is 0 Å². The summed E-state index contributed by atoms with van der Waals surface area (Å²) in [7, 11) is 0. The molecule has 1 radical (unpaired) electrons. The van der Waals surface area contributed by atoms with Gasteiger partial charge in [-0.1, -0.05) is 36.4 Å². The van der Waals surface area contributed by atoms with E-state index in [0.717, 1.165) is 27.2 Å². The Morgan fingerprint density at radius 3 is 2.39 bits per heavy atom. The Hall–Kier alpha value is -2.14. The van der Waals surface area contributed by atoms with Crippen LogP contribution < -0.4 is 5.69 Å². The van der Waals surface area contributed by atoms with Crippen LogP contribution in [0.4, 0.5) is 0 Å². The number of nitrogens with zero attached hydrogens (tertiary/aromatic N) is 1. The molecule has 1 heterocycles. The summed E-state index contributed by atoms with van der Waals surface area (Å²) in [4.78, 5) is 18.9. The Labute approximate surface area is 154 Å². The number of H-pyrrole nitrogens is 1. The fraction of sp³-hybridized carbons (Fsp3) is 0. The normalized spacial score (nSPS) is 10.6. The van der Waals surface area contributed by atoms with Crippen LogP contribution in [-0.2, 0) is 0 Å². The van der Waals surface area contributed by atoms with Crippen LogP contribution in [0.25, 0.3) is 32.9 Å². The van der Waals surface area contributed by atoms with Crippen molar-refractivity contribution in [2.75, 3.05) is 0 Å². The van der Waals surface area contributed by atoms with Crippen molar-refractivity contribution in [3.8, 4) is 17.0 Å². The van der Waals surface area contributed by atoms with E-state index >= 15 is 0 Å². The molecule has 0 bridgehead atoms. The van der Waals surface area contributed by atoms with Crippen molar-refractivity contribution in [2.24, 2.45) is 0 Å². The first-order valence-electron chi connectivity index (χ1n) is 6.93. The third-order valence-electron chi connectivity index (χ3n) is 3.77. The number of phenols is 1. The maximum Gasteiger partial charge on any atom is 0.345 e. The van der Waals surface area contributed by atoms with Gasteiger partial charge in [0.2, 0.25) is 0 Å². The molecule has 4 rings (SSSR count). The van der Waals surface area contributed by atoms with Crippen LogP contribution in [0.1, 0.15) is 0 Å². The first-order chi connectivity index (χ1) is 10.7. The van der Waals surface area contributed by atoms with Crippen molar-refractivity contribution >= 4 is 51.2 Å². The van der Waals surface area contributed by atoms with Gasteiger partial charge in [0.1, 0.15) is 5.75 Å². The first-order valence-corrected chi connectivity index (χ1v) is 6.93. The van der Waals surface area contributed by atoms with Crippen molar-refractivity contribution in [2.45, 2.75) is 0 Å². The van der Waals surface area contributed by atoms with E-state index in [1.807, 2.05) is 36.4 Å². The maximum atomic E-state index is 12.0. The molecule has 4 aromatic rings. The predicted octanol–water partition coefficient (Wildman–Crippen LogP) is 3.07. The van der Waals surface area contributed by atoms with Crippen LogP contribution in [0, 0.1) is 0 Å². The van der Waals surface area contributed by atoms with Gasteiger partial charge in [-0.05, 0) is 29.7 Å². The summed E-state index contributed by atoms with van der Waals surface area (Å²) in [5.74, 6) is 0.184. The molecule has 3 aromatic carbocycles. The molecule has 107 valence electrons. The second-order valence-electron chi connectivity index (χ2n) is 5.15. The molecule has 0 aliphatic carbocycles. The minimum Gasteiger partial charge on any atom is -0.508 e. The van der Waals surface area contributed by atoms with E-state index in [1.165, 1.54) is 0 Å². The number of aromatic hydroxyl groups is 1. The third kappa shape index (κ3) is 2.77. The zero-order chi connectivity index (χ0) is 15.1. The summed E-state index contributed by atoms with van der Waals surface area (Å²) in [6, 6.07) is 18.6. The third-order valence-corrected chi connectivity index (χ3v) is 3.77. The first kappa shape index (κ1) is 15.7. The molecule has 5 heteroatoms. The summed E-state index contributed by atoms with van der Waals surface area (Å²) in [6.07, 6.45) is 0. The maximum absolute atomic E-state index is 12.0. The van der Waals surface area contributed by atoms with Crippen molar-refractivity contribution in [3.63, 3.8) is 0 Å². The quantitative estimate of drug-likeness (QED) is 0.419. The largest absolute Gasteiger partial charge is 0.508 e. The van der Waals surface area contributed by atoms with Crippen molar-refractivity contribution in [1.29, 1.82) is 0 Å². The van der Waals surface area contributed by atoms with Crippen LogP contribution in [-0.4, -0.2) is 44.6 Å². The van der Waals surface area contributed by atoms with Gasteiger partial charge < -0.3 is 10.1 Å². The number of phenolic OH excluding ortho intramolecular Hbond substituents is 1. The van der Waals surface area contributed by atoms with Gasteiger partial charge in [0, 0.05) is 45.9 Å². The van der Waals surface area contributed by atoms with Crippen molar-refractivity contribution < 1.29 is 5.11 Å². The summed E-state index contributed by atoms with van der Waals surface area (Å²) in [6.45, 7) is 0. The van der Waals surface area contributed by atoms with Gasteiger partial charge in [-0.2, -0.15) is 4.98 Å². The van der Waals surface area contributed by atoms with E-state index in [-0.39, 0.29) is 41.0 Å². The van der Waals surface area contributed by atoms with Gasteiger partial charge in [0.25, 0.3) is 0 Å². The smallest absolute Gasteiger partial charge is 0.345 e. The van der Waals surface area contributed by atoms with E-state index in [1.54, 1.807) is 24.3 Å². The van der Waals surface area contributed by atoms with E-state index in [4.69, 9.17) is 0 Å². The van der Waals surface area contributed by atoms with Gasteiger partial charge in [-0.25, -0.2) is 4.79 Å². The molecule has 0 spiro atoms. The number of rotatable bonds is 1. The van der Waals surface area contributed by atoms with Gasteiger partial charge >= 0.3 is 5.69 Å². The van der Waals surface area contributed by atoms with Crippen LogP contribution in [0.3, 0.4) is 0 Å². The molecular weight excluding hydrogens is 299 g/mol. The van der Waals surface area contributed by atoms with Crippen LogP contribution >= 0.6 is 0 Å². The fourth-order valence-corrected chi connectivity index (χ4v) is 2.74. The van der Waals surface area contributed by atoms with Gasteiger partial charge in [0.05, 0.1) is 11.2 Å². The molecular formula is C18H12N2NaO2. The molecule has 0 unspecified atom stereocenters. The number of aromatic amines is 1. The minimum absolute atomic E-state index is 0. The molecule has 0 aliphatic heterocycles. The van der Waals surface area contributed by atoms with Gasteiger partial charge in [0.15, 0.2) is 0 Å². The molecule has 0 amide bonds. The Morgan fingerprint density at radius 1 is 0.870 bits per heavy atom. The van der Waals surface area contributed by atoms with Crippen LogP contribution in [0.2, 0.25) is 0 Å². The fourth-order valence-electron chi connectivity index (χ4n) is 2.74. The zero-order valence-corrected chi connectivity index (χ0v) is 14.6. The summed E-state index contributed by atoms with van der Waals surface area (Å²) in [5, 5.41) is 12.4. The van der Waals surface area contributed by atoms with E-state index < -0.39 is 0 Å². The Bertz CT molecular complexity index is 1060. The molecule has 23 heavy (non-hydrogen) atoms. The number of nitrogens with one attached hydrogen (secondary N) is 1. The summed E-state index contributed by atoms with van der Waals surface area (Å²) >= 11 is 0.